The second-order valence-corrected chi connectivity index (χ2v) is 4.73. The molecule has 0 spiro atoms. The Kier molecular flexibility index (Phi) is 3.01. The molecule has 0 aromatic heterocycles. The lowest BCUT2D eigenvalue weighted by atomic mass is 10.0. The molecule has 0 bridgehead atoms. The molecule has 1 N–H and O–H groups in total. The van der Waals surface area contributed by atoms with Crippen molar-refractivity contribution >= 4 is 23.2 Å². The normalized spacial score (nSPS) is 26.8. The first-order valence-corrected chi connectivity index (χ1v) is 5.61. The fourth-order valence-corrected chi connectivity index (χ4v) is 2.38. The van der Waals surface area contributed by atoms with Crippen molar-refractivity contribution < 1.29 is 0 Å². The first-order chi connectivity index (χ1) is 6.68. The highest BCUT2D eigenvalue weighted by Gasteiger charge is 2.24. The van der Waals surface area contributed by atoms with E-state index in [0.29, 0.717) is 16.1 Å². The van der Waals surface area contributed by atoms with E-state index in [2.05, 4.69) is 12.2 Å². The van der Waals surface area contributed by atoms with Crippen LogP contribution in [0.3, 0.4) is 0 Å². The molecule has 1 heterocycles. The van der Waals surface area contributed by atoms with Crippen LogP contribution < -0.4 is 5.32 Å². The monoisotopic (exact) mass is 229 g/mol. The Labute approximate surface area is 94.4 Å². The van der Waals surface area contributed by atoms with Crippen LogP contribution in [0.25, 0.3) is 0 Å². The van der Waals surface area contributed by atoms with Crippen LogP contribution in [0.4, 0.5) is 0 Å². The average molecular weight is 230 g/mol. The van der Waals surface area contributed by atoms with E-state index in [0.717, 1.165) is 24.4 Å². The summed E-state index contributed by atoms with van der Waals surface area (Å²) in [6.45, 7) is 3.30. The highest BCUT2D eigenvalue weighted by molar-refractivity contribution is 6.42. The Bertz CT molecular complexity index is 338. The van der Waals surface area contributed by atoms with Crippen molar-refractivity contribution in [2.24, 2.45) is 5.92 Å². The van der Waals surface area contributed by atoms with Crippen molar-refractivity contribution in [3.63, 3.8) is 0 Å². The Hall–Kier alpha value is -0.240. The average Bonchev–Trinajstić information content (AvgIpc) is 2.57. The van der Waals surface area contributed by atoms with Crippen LogP contribution >= 0.6 is 23.2 Å². The predicted molar refractivity (Wildman–Crippen MR) is 61.0 cm³/mol. The van der Waals surface area contributed by atoms with Gasteiger partial charge < -0.3 is 5.32 Å². The van der Waals surface area contributed by atoms with Gasteiger partial charge in [0.15, 0.2) is 0 Å². The molecule has 0 aliphatic carbocycles. The van der Waals surface area contributed by atoms with E-state index in [-0.39, 0.29) is 0 Å². The molecule has 1 aromatic rings. The summed E-state index contributed by atoms with van der Waals surface area (Å²) >= 11 is 12.1. The Morgan fingerprint density at radius 1 is 1.36 bits per heavy atom. The van der Waals surface area contributed by atoms with Crippen LogP contribution in [-0.2, 0) is 0 Å². The zero-order valence-corrected chi connectivity index (χ0v) is 9.57. The van der Waals surface area contributed by atoms with E-state index in [9.17, 15) is 0 Å². The molecule has 3 heteroatoms. The van der Waals surface area contributed by atoms with E-state index in [1.54, 1.807) is 0 Å². The van der Waals surface area contributed by atoms with Crippen LogP contribution in [0.15, 0.2) is 18.2 Å². The maximum Gasteiger partial charge on any atom is 0.0640 e. The van der Waals surface area contributed by atoms with Crippen LogP contribution in [0.5, 0.6) is 0 Å². The van der Waals surface area contributed by atoms with Gasteiger partial charge in [0, 0.05) is 6.04 Å². The molecule has 1 aliphatic rings. The third-order valence-corrected chi connectivity index (χ3v) is 3.54. The highest BCUT2D eigenvalue weighted by Crippen LogP contribution is 2.34. The van der Waals surface area contributed by atoms with E-state index >= 15 is 0 Å². The molecule has 1 saturated heterocycles. The Morgan fingerprint density at radius 2 is 2.14 bits per heavy atom. The minimum absolute atomic E-state index is 0.371. The van der Waals surface area contributed by atoms with Crippen molar-refractivity contribution in [3.8, 4) is 0 Å². The van der Waals surface area contributed by atoms with Gasteiger partial charge >= 0.3 is 0 Å². The SMILES string of the molecule is C[C@H]1CN[C@@H](c2cccc(Cl)c2Cl)C1. The zero-order valence-electron chi connectivity index (χ0n) is 8.06. The summed E-state index contributed by atoms with van der Waals surface area (Å²) in [6.07, 6.45) is 1.14. The quantitative estimate of drug-likeness (QED) is 0.776. The minimum Gasteiger partial charge on any atom is -0.310 e. The summed E-state index contributed by atoms with van der Waals surface area (Å²) in [5, 5.41) is 4.79. The molecular formula is C11H13Cl2N. The largest absolute Gasteiger partial charge is 0.310 e. The van der Waals surface area contributed by atoms with Crippen LogP contribution in [-0.4, -0.2) is 6.54 Å². The molecule has 2 rings (SSSR count). The van der Waals surface area contributed by atoms with Gasteiger partial charge in [0.2, 0.25) is 0 Å². The summed E-state index contributed by atoms with van der Waals surface area (Å²) in [5.74, 6) is 0.718. The van der Waals surface area contributed by atoms with Gasteiger partial charge in [-0.25, -0.2) is 0 Å². The summed E-state index contributed by atoms with van der Waals surface area (Å²) in [4.78, 5) is 0. The maximum absolute atomic E-state index is 6.15. The van der Waals surface area contributed by atoms with Crippen LogP contribution in [0.1, 0.15) is 24.9 Å². The van der Waals surface area contributed by atoms with Gasteiger partial charge in [0.05, 0.1) is 10.0 Å². The molecule has 1 nitrogen and oxygen atoms in total. The van der Waals surface area contributed by atoms with Gasteiger partial charge in [-0.05, 0) is 30.5 Å². The van der Waals surface area contributed by atoms with Crippen molar-refractivity contribution in [1.82, 2.24) is 5.32 Å². The van der Waals surface area contributed by atoms with Gasteiger partial charge in [-0.15, -0.1) is 0 Å². The molecule has 1 aromatic carbocycles. The van der Waals surface area contributed by atoms with Crippen molar-refractivity contribution in [1.29, 1.82) is 0 Å². The topological polar surface area (TPSA) is 12.0 Å². The molecule has 1 fully saturated rings. The third-order valence-electron chi connectivity index (χ3n) is 2.71. The van der Waals surface area contributed by atoms with Crippen molar-refractivity contribution in [2.75, 3.05) is 6.54 Å². The fraction of sp³-hybridized carbons (Fsp3) is 0.455. The highest BCUT2D eigenvalue weighted by atomic mass is 35.5. The molecular weight excluding hydrogens is 217 g/mol. The number of halogens is 2. The van der Waals surface area contributed by atoms with Crippen molar-refractivity contribution in [2.45, 2.75) is 19.4 Å². The lowest BCUT2D eigenvalue weighted by Crippen LogP contribution is -2.13. The Balaban J connectivity index is 2.28. The number of benzene rings is 1. The number of nitrogens with one attached hydrogen (secondary N) is 1. The lowest BCUT2D eigenvalue weighted by molar-refractivity contribution is 0.612. The summed E-state index contributed by atoms with van der Waals surface area (Å²) < 4.78 is 0. The van der Waals surface area contributed by atoms with Crippen molar-refractivity contribution in [3.05, 3.63) is 33.8 Å². The van der Waals surface area contributed by atoms with E-state index in [1.807, 2.05) is 18.2 Å². The predicted octanol–water partition coefficient (Wildman–Crippen LogP) is 3.66. The Morgan fingerprint density at radius 3 is 2.79 bits per heavy atom. The molecule has 0 saturated carbocycles. The lowest BCUT2D eigenvalue weighted by Gasteiger charge is -2.13. The smallest absolute Gasteiger partial charge is 0.0640 e. The fourth-order valence-electron chi connectivity index (χ4n) is 1.94. The minimum atomic E-state index is 0.371. The third kappa shape index (κ3) is 1.90. The molecule has 0 radical (unpaired) electrons. The number of hydrogen-bond donors (Lipinski definition) is 1. The second kappa shape index (κ2) is 4.09. The van der Waals surface area contributed by atoms with Crippen LogP contribution in [0.2, 0.25) is 10.0 Å². The molecule has 14 heavy (non-hydrogen) atoms. The molecule has 2 atom stereocenters. The van der Waals surface area contributed by atoms with Gasteiger partial charge in [0.25, 0.3) is 0 Å². The molecule has 0 unspecified atom stereocenters. The summed E-state index contributed by atoms with van der Waals surface area (Å²) in [6, 6.07) is 6.19. The molecule has 0 amide bonds. The zero-order chi connectivity index (χ0) is 10.1. The first kappa shape index (κ1) is 10.3. The van der Waals surface area contributed by atoms with Gasteiger partial charge in [-0.2, -0.15) is 0 Å². The van der Waals surface area contributed by atoms with E-state index in [4.69, 9.17) is 23.2 Å². The summed E-state index contributed by atoms with van der Waals surface area (Å²) in [7, 11) is 0. The van der Waals surface area contributed by atoms with E-state index in [1.165, 1.54) is 0 Å². The van der Waals surface area contributed by atoms with Crippen LogP contribution in [0, 0.1) is 5.92 Å². The van der Waals surface area contributed by atoms with Gasteiger partial charge in [-0.3, -0.25) is 0 Å². The summed E-state index contributed by atoms with van der Waals surface area (Å²) in [5.41, 5.74) is 1.13. The van der Waals surface area contributed by atoms with E-state index < -0.39 is 0 Å². The second-order valence-electron chi connectivity index (χ2n) is 3.94. The standard InChI is InChI=1S/C11H13Cl2N/c1-7-5-10(14-6-7)8-3-2-4-9(12)11(8)13/h2-4,7,10,14H,5-6H2,1H3/t7-,10-/m1/s1. The van der Waals surface area contributed by atoms with Gasteiger partial charge in [-0.1, -0.05) is 42.3 Å². The molecule has 76 valence electrons. The maximum atomic E-state index is 6.15. The molecule has 1 aliphatic heterocycles. The van der Waals surface area contributed by atoms with Gasteiger partial charge in [0.1, 0.15) is 0 Å². The number of hydrogen-bond acceptors (Lipinski definition) is 1. The number of rotatable bonds is 1. The first-order valence-electron chi connectivity index (χ1n) is 4.85.